The first-order chi connectivity index (χ1) is 12.6. The number of H-pyrrole nitrogens is 1. The maximum absolute atomic E-state index is 13.1. The molecule has 0 aliphatic carbocycles. The second-order valence-corrected chi connectivity index (χ2v) is 8.11. The van der Waals surface area contributed by atoms with Gasteiger partial charge >= 0.3 is 0 Å². The van der Waals surface area contributed by atoms with E-state index in [1.807, 2.05) is 11.0 Å². The van der Waals surface area contributed by atoms with Gasteiger partial charge in [-0.2, -0.15) is 5.10 Å². The molecule has 0 saturated carbocycles. The molecule has 1 N–H and O–H groups in total. The maximum Gasteiger partial charge on any atom is 0.274 e. The van der Waals surface area contributed by atoms with Gasteiger partial charge in [0.2, 0.25) is 0 Å². The molecule has 0 aromatic carbocycles. The molecule has 0 bridgehead atoms. The molecule has 0 radical (unpaired) electrons. The Bertz CT molecular complexity index is 584. The summed E-state index contributed by atoms with van der Waals surface area (Å²) in [5.74, 6) is 0.928. The fraction of sp³-hybridized carbons (Fsp3) is 0.800. The molecular weight excluding hydrogens is 328 g/mol. The molecule has 3 heterocycles. The summed E-state index contributed by atoms with van der Waals surface area (Å²) in [6.07, 6.45) is 6.38. The lowest BCUT2D eigenvalue weighted by Gasteiger charge is -2.45. The predicted octanol–water partition coefficient (Wildman–Crippen LogP) is 2.89. The number of piperidine rings is 2. The number of nitrogens with zero attached hydrogens (tertiary/aromatic N) is 3. The number of fused-ring (bicyclic) bond motifs is 1. The van der Waals surface area contributed by atoms with Crippen LogP contribution in [-0.2, 0) is 4.74 Å². The van der Waals surface area contributed by atoms with Gasteiger partial charge in [-0.1, -0.05) is 20.3 Å². The molecule has 2 atom stereocenters. The molecular formula is C20H34N4O2. The van der Waals surface area contributed by atoms with E-state index in [1.54, 1.807) is 7.11 Å². The van der Waals surface area contributed by atoms with Crippen molar-refractivity contribution in [2.45, 2.75) is 57.9 Å². The van der Waals surface area contributed by atoms with E-state index < -0.39 is 0 Å². The average molecular weight is 363 g/mol. The molecule has 2 aliphatic heterocycles. The highest BCUT2D eigenvalue weighted by atomic mass is 16.5. The van der Waals surface area contributed by atoms with Gasteiger partial charge in [-0.3, -0.25) is 9.89 Å². The lowest BCUT2D eigenvalue weighted by Crippen LogP contribution is -2.52. The monoisotopic (exact) mass is 362 g/mol. The third-order valence-electron chi connectivity index (χ3n) is 5.97. The lowest BCUT2D eigenvalue weighted by molar-refractivity contribution is 0.0313. The molecule has 2 aliphatic rings. The molecule has 1 amide bonds. The Labute approximate surface area is 157 Å². The van der Waals surface area contributed by atoms with E-state index in [9.17, 15) is 4.79 Å². The largest absolute Gasteiger partial charge is 0.383 e. The normalized spacial score (nSPS) is 23.8. The number of rotatable bonds is 7. The molecule has 1 aromatic heterocycles. The number of ether oxygens (including phenoxy) is 1. The van der Waals surface area contributed by atoms with Gasteiger partial charge in [0.1, 0.15) is 5.69 Å². The van der Waals surface area contributed by atoms with Gasteiger partial charge in [0, 0.05) is 31.9 Å². The van der Waals surface area contributed by atoms with Crippen LogP contribution in [0.25, 0.3) is 0 Å². The van der Waals surface area contributed by atoms with E-state index in [2.05, 4.69) is 28.9 Å². The van der Waals surface area contributed by atoms with Gasteiger partial charge in [0.25, 0.3) is 5.91 Å². The van der Waals surface area contributed by atoms with Crippen LogP contribution in [0.15, 0.2) is 6.07 Å². The topological polar surface area (TPSA) is 61.5 Å². The van der Waals surface area contributed by atoms with Crippen molar-refractivity contribution in [1.29, 1.82) is 0 Å². The van der Waals surface area contributed by atoms with Crippen LogP contribution in [0.5, 0.6) is 0 Å². The second-order valence-electron chi connectivity index (χ2n) is 8.11. The summed E-state index contributed by atoms with van der Waals surface area (Å²) in [5, 5.41) is 7.28. The highest BCUT2D eigenvalue weighted by Gasteiger charge is 2.35. The Morgan fingerprint density at radius 1 is 1.35 bits per heavy atom. The van der Waals surface area contributed by atoms with E-state index in [1.165, 1.54) is 45.2 Å². The van der Waals surface area contributed by atoms with E-state index in [-0.39, 0.29) is 5.91 Å². The first-order valence-corrected chi connectivity index (χ1v) is 10.2. The minimum Gasteiger partial charge on any atom is -0.383 e. The van der Waals surface area contributed by atoms with Crippen molar-refractivity contribution in [2.75, 3.05) is 39.9 Å². The molecule has 26 heavy (non-hydrogen) atoms. The summed E-state index contributed by atoms with van der Waals surface area (Å²) in [6.45, 7) is 8.66. The Hall–Kier alpha value is -1.40. The number of methoxy groups -OCH3 is 1. The van der Waals surface area contributed by atoms with Crippen LogP contribution >= 0.6 is 0 Å². The van der Waals surface area contributed by atoms with Crippen molar-refractivity contribution in [2.24, 2.45) is 5.92 Å². The lowest BCUT2D eigenvalue weighted by atomic mass is 9.83. The smallest absolute Gasteiger partial charge is 0.274 e. The maximum atomic E-state index is 13.1. The van der Waals surface area contributed by atoms with Crippen LogP contribution in [0.1, 0.15) is 68.1 Å². The van der Waals surface area contributed by atoms with Gasteiger partial charge in [0.05, 0.1) is 6.61 Å². The van der Waals surface area contributed by atoms with Crippen molar-refractivity contribution < 1.29 is 9.53 Å². The second kappa shape index (κ2) is 9.00. The van der Waals surface area contributed by atoms with E-state index in [0.29, 0.717) is 36.7 Å². The molecule has 6 nitrogen and oxygen atoms in total. The number of carbonyl (C=O) groups is 1. The molecule has 146 valence electrons. The zero-order chi connectivity index (χ0) is 18.5. The van der Waals surface area contributed by atoms with Gasteiger partial charge in [-0.15, -0.1) is 0 Å². The van der Waals surface area contributed by atoms with Crippen LogP contribution in [0.2, 0.25) is 0 Å². The highest BCUT2D eigenvalue weighted by molar-refractivity contribution is 5.92. The number of hydrogen-bond donors (Lipinski definition) is 1. The van der Waals surface area contributed by atoms with Crippen molar-refractivity contribution in [3.8, 4) is 0 Å². The number of nitrogens with one attached hydrogen (secondary N) is 1. The summed E-state index contributed by atoms with van der Waals surface area (Å²) in [4.78, 5) is 17.7. The summed E-state index contributed by atoms with van der Waals surface area (Å²) < 4.78 is 5.27. The average Bonchev–Trinajstić information content (AvgIpc) is 3.15. The number of aromatic nitrogens is 2. The van der Waals surface area contributed by atoms with Crippen LogP contribution in [0.3, 0.4) is 0 Å². The summed E-state index contributed by atoms with van der Waals surface area (Å²) in [5.41, 5.74) is 1.54. The quantitative estimate of drug-likeness (QED) is 0.810. The van der Waals surface area contributed by atoms with Crippen molar-refractivity contribution >= 4 is 5.91 Å². The predicted molar refractivity (Wildman–Crippen MR) is 102 cm³/mol. The number of hydrogen-bond acceptors (Lipinski definition) is 4. The molecule has 3 rings (SSSR count). The van der Waals surface area contributed by atoms with Gasteiger partial charge in [0.15, 0.2) is 0 Å². The molecule has 6 heteroatoms. The fourth-order valence-electron chi connectivity index (χ4n) is 4.45. The van der Waals surface area contributed by atoms with Gasteiger partial charge < -0.3 is 14.5 Å². The minimum atomic E-state index is 0.0260. The molecule has 1 aromatic rings. The molecule has 2 saturated heterocycles. The van der Waals surface area contributed by atoms with Crippen LogP contribution in [0.4, 0.5) is 0 Å². The first kappa shape index (κ1) is 19.4. The standard InChI is InChI=1S/C20H34N4O2/c1-15(2)17-13-18(22-21-17)20(25)24(11-12-26-3)14-16-7-6-10-23-9-5-4-8-19(16)23/h13,15-16,19H,4-12,14H2,1-3H3,(H,21,22)/t16-,19+/m0/s1. The number of carbonyl (C=O) groups excluding carboxylic acids is 1. The van der Waals surface area contributed by atoms with Gasteiger partial charge in [-0.25, -0.2) is 0 Å². The third-order valence-corrected chi connectivity index (χ3v) is 5.97. The molecule has 0 spiro atoms. The van der Waals surface area contributed by atoms with Gasteiger partial charge in [-0.05, 0) is 56.7 Å². The number of aromatic amines is 1. The zero-order valence-corrected chi connectivity index (χ0v) is 16.5. The Morgan fingerprint density at radius 3 is 2.88 bits per heavy atom. The Balaban J connectivity index is 1.71. The van der Waals surface area contributed by atoms with Crippen LogP contribution in [-0.4, -0.2) is 71.8 Å². The van der Waals surface area contributed by atoms with Crippen LogP contribution in [0, 0.1) is 5.92 Å². The van der Waals surface area contributed by atoms with E-state index in [0.717, 1.165) is 12.2 Å². The Kier molecular flexibility index (Phi) is 6.70. The first-order valence-electron chi connectivity index (χ1n) is 10.2. The third kappa shape index (κ3) is 4.46. The fourth-order valence-corrected chi connectivity index (χ4v) is 4.45. The summed E-state index contributed by atoms with van der Waals surface area (Å²) in [7, 11) is 1.69. The van der Waals surface area contributed by atoms with Crippen molar-refractivity contribution in [3.05, 3.63) is 17.5 Å². The summed E-state index contributed by atoms with van der Waals surface area (Å²) in [6, 6.07) is 2.54. The highest BCUT2D eigenvalue weighted by Crippen LogP contribution is 2.31. The SMILES string of the molecule is COCCN(C[C@@H]1CCCN2CCCC[C@H]12)C(=O)c1cc(C(C)C)[nH]n1. The summed E-state index contributed by atoms with van der Waals surface area (Å²) >= 11 is 0. The molecule has 2 fully saturated rings. The molecule has 0 unspecified atom stereocenters. The number of amides is 1. The van der Waals surface area contributed by atoms with E-state index >= 15 is 0 Å². The Morgan fingerprint density at radius 2 is 2.15 bits per heavy atom. The van der Waals surface area contributed by atoms with Crippen LogP contribution < -0.4 is 0 Å². The van der Waals surface area contributed by atoms with Crippen molar-refractivity contribution in [3.63, 3.8) is 0 Å². The van der Waals surface area contributed by atoms with E-state index in [4.69, 9.17) is 4.74 Å². The minimum absolute atomic E-state index is 0.0260. The van der Waals surface area contributed by atoms with Crippen molar-refractivity contribution in [1.82, 2.24) is 20.0 Å². The zero-order valence-electron chi connectivity index (χ0n) is 16.5.